The van der Waals surface area contributed by atoms with Crippen molar-refractivity contribution in [1.29, 1.82) is 0 Å². The van der Waals surface area contributed by atoms with Crippen LogP contribution in [0.4, 0.5) is 11.4 Å². The maximum absolute atomic E-state index is 12.8. The maximum atomic E-state index is 12.8. The van der Waals surface area contributed by atoms with E-state index in [0.717, 1.165) is 71.6 Å². The van der Waals surface area contributed by atoms with E-state index >= 15 is 0 Å². The van der Waals surface area contributed by atoms with E-state index in [-0.39, 0.29) is 5.91 Å². The monoisotopic (exact) mass is 483 g/mol. The normalized spacial score (nSPS) is 17.0. The van der Waals surface area contributed by atoms with Crippen molar-refractivity contribution in [3.8, 4) is 0 Å². The molecule has 1 fully saturated rings. The molecule has 5 heterocycles. The van der Waals surface area contributed by atoms with Crippen LogP contribution >= 0.6 is 0 Å². The van der Waals surface area contributed by atoms with Crippen LogP contribution in [0.1, 0.15) is 37.8 Å². The van der Waals surface area contributed by atoms with E-state index in [0.29, 0.717) is 13.0 Å². The van der Waals surface area contributed by atoms with E-state index in [1.807, 2.05) is 35.1 Å². The maximum Gasteiger partial charge on any atom is 0.224 e. The topological polar surface area (TPSA) is 82.1 Å². The molecular weight excluding hydrogens is 450 g/mol. The van der Waals surface area contributed by atoms with Gasteiger partial charge in [0.15, 0.2) is 0 Å². The number of benzene rings is 1. The van der Waals surface area contributed by atoms with Gasteiger partial charge < -0.3 is 20.1 Å². The Balaban J connectivity index is 1.14. The molecule has 186 valence electrons. The second-order valence-electron chi connectivity index (χ2n) is 9.94. The van der Waals surface area contributed by atoms with Gasteiger partial charge in [-0.1, -0.05) is 12.5 Å². The zero-order valence-corrected chi connectivity index (χ0v) is 20.8. The summed E-state index contributed by atoms with van der Waals surface area (Å²) >= 11 is 0. The highest BCUT2D eigenvalue weighted by Gasteiger charge is 2.20. The number of rotatable bonds is 6. The molecule has 36 heavy (non-hydrogen) atoms. The fourth-order valence-electron chi connectivity index (χ4n) is 5.44. The molecule has 4 aromatic rings. The zero-order valence-electron chi connectivity index (χ0n) is 20.8. The second kappa shape index (κ2) is 9.78. The van der Waals surface area contributed by atoms with Crippen LogP contribution in [-0.4, -0.2) is 68.2 Å². The van der Waals surface area contributed by atoms with Gasteiger partial charge in [0.25, 0.3) is 0 Å². The Labute approximate surface area is 211 Å². The number of nitrogens with one attached hydrogen (secondary N) is 2. The largest absolute Gasteiger partial charge is 0.355 e. The van der Waals surface area contributed by atoms with Crippen molar-refractivity contribution in [3.05, 3.63) is 54.5 Å². The predicted molar refractivity (Wildman–Crippen MR) is 144 cm³/mol. The lowest BCUT2D eigenvalue weighted by molar-refractivity contribution is -0.131. The highest BCUT2D eigenvalue weighted by atomic mass is 16.2. The summed E-state index contributed by atoms with van der Waals surface area (Å²) in [5, 5.41) is 10.0. The van der Waals surface area contributed by atoms with Crippen molar-refractivity contribution in [2.45, 2.75) is 32.1 Å². The third-order valence-electron chi connectivity index (χ3n) is 7.56. The third-order valence-corrected chi connectivity index (χ3v) is 7.56. The van der Waals surface area contributed by atoms with E-state index in [9.17, 15) is 4.79 Å². The van der Waals surface area contributed by atoms with Crippen molar-refractivity contribution in [1.82, 2.24) is 29.5 Å². The van der Waals surface area contributed by atoms with E-state index in [2.05, 4.69) is 55.6 Å². The number of aryl methyl sites for hydroxylation is 1. The number of likely N-dealkylation sites (tertiary alicyclic amines) is 1. The molecule has 8 heteroatoms. The van der Waals surface area contributed by atoms with Gasteiger partial charge in [0.2, 0.25) is 5.91 Å². The van der Waals surface area contributed by atoms with E-state index < -0.39 is 0 Å². The number of fused-ring (bicyclic) bond motifs is 2. The number of carbonyl (C=O) groups excluding carboxylic acids is 1. The zero-order chi connectivity index (χ0) is 24.5. The Kier molecular flexibility index (Phi) is 6.19. The Morgan fingerprint density at radius 1 is 1.11 bits per heavy atom. The van der Waals surface area contributed by atoms with E-state index in [1.165, 1.54) is 24.8 Å². The molecule has 1 saturated heterocycles. The Bertz CT molecular complexity index is 1430. The molecule has 0 spiro atoms. The number of nitrogens with zero attached hydrogens (tertiary/aromatic N) is 5. The summed E-state index contributed by atoms with van der Waals surface area (Å²) < 4.78 is 1.88. The average molecular weight is 484 g/mol. The number of hydrogen-bond donors (Lipinski definition) is 2. The lowest BCUT2D eigenvalue weighted by Crippen LogP contribution is -2.38. The quantitative estimate of drug-likeness (QED) is 0.416. The Hall–Kier alpha value is -3.65. The lowest BCUT2D eigenvalue weighted by atomic mass is 10.0. The molecule has 2 aliphatic rings. The molecule has 0 radical (unpaired) electrons. The molecule has 0 bridgehead atoms. The number of anilines is 2. The first-order valence-corrected chi connectivity index (χ1v) is 13.0. The van der Waals surface area contributed by atoms with Crippen molar-refractivity contribution in [2.24, 2.45) is 7.05 Å². The molecule has 6 rings (SSSR count). The van der Waals surface area contributed by atoms with Crippen molar-refractivity contribution >= 4 is 44.8 Å². The standard InChI is InChI=1S/C28H33N7O/c1-33-26-6-5-22(17-21(26)19-30-33)31-24-7-11-29-28-23(24)18-25(32-28)20-8-15-35(16-9-20)27(36)10-14-34-12-3-2-4-13-34/h5-8,11,17-19H,2-4,9-10,12-16H2,1H3,(H2,29,31,32). The summed E-state index contributed by atoms with van der Waals surface area (Å²) in [6.07, 6.45) is 11.2. The van der Waals surface area contributed by atoms with Crippen molar-refractivity contribution < 1.29 is 4.79 Å². The van der Waals surface area contributed by atoms with Crippen LogP contribution in [0.15, 0.2) is 48.8 Å². The molecule has 1 amide bonds. The summed E-state index contributed by atoms with van der Waals surface area (Å²) in [7, 11) is 1.95. The fourth-order valence-corrected chi connectivity index (χ4v) is 5.44. The van der Waals surface area contributed by atoms with Crippen LogP contribution in [-0.2, 0) is 11.8 Å². The highest BCUT2D eigenvalue weighted by Crippen LogP contribution is 2.31. The van der Waals surface area contributed by atoms with E-state index in [4.69, 9.17) is 0 Å². The van der Waals surface area contributed by atoms with Crippen LogP contribution in [0.25, 0.3) is 27.5 Å². The molecule has 2 N–H and O–H groups in total. The van der Waals surface area contributed by atoms with Gasteiger partial charge >= 0.3 is 0 Å². The molecular formula is C28H33N7O. The van der Waals surface area contributed by atoms with Crippen LogP contribution < -0.4 is 5.32 Å². The molecule has 0 saturated carbocycles. The van der Waals surface area contributed by atoms with Gasteiger partial charge in [-0.3, -0.25) is 9.48 Å². The summed E-state index contributed by atoms with van der Waals surface area (Å²) in [5.74, 6) is 0.270. The summed E-state index contributed by atoms with van der Waals surface area (Å²) in [5.41, 5.74) is 6.31. The molecule has 2 aliphatic heterocycles. The van der Waals surface area contributed by atoms with Crippen molar-refractivity contribution in [2.75, 3.05) is 38.0 Å². The van der Waals surface area contributed by atoms with Gasteiger partial charge in [-0.25, -0.2) is 4.98 Å². The van der Waals surface area contributed by atoms with Crippen molar-refractivity contribution in [3.63, 3.8) is 0 Å². The Morgan fingerprint density at radius 3 is 2.83 bits per heavy atom. The molecule has 3 aromatic heterocycles. The number of carbonyl (C=O) groups is 1. The van der Waals surface area contributed by atoms with Gasteiger partial charge in [-0.15, -0.1) is 0 Å². The number of H-pyrrole nitrogens is 1. The first-order chi connectivity index (χ1) is 17.6. The van der Waals surface area contributed by atoms with Gasteiger partial charge in [0.05, 0.1) is 17.4 Å². The van der Waals surface area contributed by atoms with Crippen LogP contribution in [0.2, 0.25) is 0 Å². The fraction of sp³-hybridized carbons (Fsp3) is 0.393. The number of aromatic amines is 1. The minimum Gasteiger partial charge on any atom is -0.355 e. The molecule has 8 nitrogen and oxygen atoms in total. The highest BCUT2D eigenvalue weighted by molar-refractivity contribution is 5.95. The number of hydrogen-bond acceptors (Lipinski definition) is 5. The molecule has 0 aliphatic carbocycles. The summed E-state index contributed by atoms with van der Waals surface area (Å²) in [4.78, 5) is 25.2. The van der Waals surface area contributed by atoms with Crippen LogP contribution in [0.3, 0.4) is 0 Å². The van der Waals surface area contributed by atoms with E-state index in [1.54, 1.807) is 0 Å². The third kappa shape index (κ3) is 4.60. The summed E-state index contributed by atoms with van der Waals surface area (Å²) in [6, 6.07) is 10.4. The average Bonchev–Trinajstić information content (AvgIpc) is 3.52. The molecule has 1 aromatic carbocycles. The SMILES string of the molecule is Cn1ncc2cc(Nc3ccnc4[nH]c(C5=CCN(C(=O)CCN6CCCCC6)CC5)cc34)ccc21. The predicted octanol–water partition coefficient (Wildman–Crippen LogP) is 4.68. The van der Waals surface area contributed by atoms with Gasteiger partial charge in [0.1, 0.15) is 5.65 Å². The minimum absolute atomic E-state index is 0.270. The molecule has 0 unspecified atom stereocenters. The first kappa shape index (κ1) is 22.8. The number of aromatic nitrogens is 4. The Morgan fingerprint density at radius 2 is 2.00 bits per heavy atom. The second-order valence-corrected chi connectivity index (χ2v) is 9.94. The lowest BCUT2D eigenvalue weighted by Gasteiger charge is -2.29. The minimum atomic E-state index is 0.270. The van der Waals surface area contributed by atoms with Gasteiger partial charge in [0, 0.05) is 61.5 Å². The molecule has 0 atom stereocenters. The number of piperidine rings is 1. The van der Waals surface area contributed by atoms with Crippen LogP contribution in [0, 0.1) is 0 Å². The number of pyridine rings is 1. The smallest absolute Gasteiger partial charge is 0.224 e. The summed E-state index contributed by atoms with van der Waals surface area (Å²) in [6.45, 7) is 4.61. The number of amides is 1. The first-order valence-electron chi connectivity index (χ1n) is 13.0. The van der Waals surface area contributed by atoms with Crippen LogP contribution in [0.5, 0.6) is 0 Å². The van der Waals surface area contributed by atoms with Gasteiger partial charge in [-0.2, -0.15) is 5.10 Å². The van der Waals surface area contributed by atoms with Gasteiger partial charge in [-0.05, 0) is 68.3 Å².